The normalized spacial score (nSPS) is 14.8. The number of likely N-dealkylation sites (tertiary alicyclic amines) is 1. The van der Waals surface area contributed by atoms with Gasteiger partial charge in [-0.1, -0.05) is 11.6 Å². The number of piperidine rings is 1. The molecular formula is C23H20ClN5O2. The molecule has 31 heavy (non-hydrogen) atoms. The summed E-state index contributed by atoms with van der Waals surface area (Å²) in [4.78, 5) is 40.6. The fourth-order valence-electron chi connectivity index (χ4n) is 4.10. The average Bonchev–Trinajstić information content (AvgIpc) is 3.25. The Kier molecular flexibility index (Phi) is 5.03. The van der Waals surface area contributed by atoms with Crippen LogP contribution in [0.2, 0.25) is 5.15 Å². The molecule has 1 saturated heterocycles. The third-order valence-electron chi connectivity index (χ3n) is 5.83. The van der Waals surface area contributed by atoms with Crippen LogP contribution >= 0.6 is 11.6 Å². The monoisotopic (exact) mass is 433 g/mol. The van der Waals surface area contributed by atoms with Crippen LogP contribution in [0.3, 0.4) is 0 Å². The Bertz CT molecular complexity index is 1280. The van der Waals surface area contributed by atoms with Crippen molar-refractivity contribution < 1.29 is 4.79 Å². The third-order valence-corrected chi connectivity index (χ3v) is 6.13. The van der Waals surface area contributed by atoms with E-state index >= 15 is 0 Å². The molecule has 2 N–H and O–H groups in total. The molecule has 0 saturated carbocycles. The fraction of sp³-hybridized carbons (Fsp3) is 0.217. The van der Waals surface area contributed by atoms with Gasteiger partial charge in [0.15, 0.2) is 0 Å². The van der Waals surface area contributed by atoms with E-state index in [1.807, 2.05) is 11.0 Å². The van der Waals surface area contributed by atoms with Gasteiger partial charge >= 0.3 is 0 Å². The topological polar surface area (TPSA) is 94.7 Å². The lowest BCUT2D eigenvalue weighted by Crippen LogP contribution is -2.38. The molecule has 0 radical (unpaired) electrons. The van der Waals surface area contributed by atoms with Gasteiger partial charge in [-0.3, -0.25) is 14.6 Å². The molecule has 0 unspecified atom stereocenters. The first-order valence-corrected chi connectivity index (χ1v) is 10.5. The van der Waals surface area contributed by atoms with E-state index in [0.717, 1.165) is 35.0 Å². The quantitative estimate of drug-likeness (QED) is 0.477. The molecule has 5 heterocycles. The van der Waals surface area contributed by atoms with Crippen LogP contribution in [-0.4, -0.2) is 43.8 Å². The summed E-state index contributed by atoms with van der Waals surface area (Å²) >= 11 is 6.19. The highest BCUT2D eigenvalue weighted by molar-refractivity contribution is 6.34. The first-order valence-electron chi connectivity index (χ1n) is 10.2. The highest BCUT2D eigenvalue weighted by Crippen LogP contribution is 2.32. The van der Waals surface area contributed by atoms with Crippen molar-refractivity contribution in [3.63, 3.8) is 0 Å². The average molecular weight is 434 g/mol. The molecule has 1 aliphatic heterocycles. The lowest BCUT2D eigenvalue weighted by atomic mass is 9.93. The summed E-state index contributed by atoms with van der Waals surface area (Å²) in [5.74, 6) is 0.344. The Morgan fingerprint density at radius 3 is 2.61 bits per heavy atom. The highest BCUT2D eigenvalue weighted by Gasteiger charge is 2.26. The molecule has 0 bridgehead atoms. The Labute approximate surface area is 183 Å². The van der Waals surface area contributed by atoms with Gasteiger partial charge in [0.05, 0.1) is 16.8 Å². The molecule has 5 rings (SSSR count). The van der Waals surface area contributed by atoms with Gasteiger partial charge in [-0.05, 0) is 43.2 Å². The first kappa shape index (κ1) is 19.5. The molecular weight excluding hydrogens is 414 g/mol. The van der Waals surface area contributed by atoms with Gasteiger partial charge in [-0.2, -0.15) is 0 Å². The summed E-state index contributed by atoms with van der Waals surface area (Å²) in [7, 11) is 0. The molecule has 7 nitrogen and oxygen atoms in total. The predicted molar refractivity (Wildman–Crippen MR) is 119 cm³/mol. The van der Waals surface area contributed by atoms with Crippen LogP contribution in [0.5, 0.6) is 0 Å². The van der Waals surface area contributed by atoms with E-state index in [4.69, 9.17) is 11.6 Å². The van der Waals surface area contributed by atoms with Gasteiger partial charge in [0.2, 0.25) is 5.56 Å². The van der Waals surface area contributed by atoms with Crippen molar-refractivity contribution in [3.8, 4) is 11.3 Å². The van der Waals surface area contributed by atoms with E-state index in [2.05, 4.69) is 26.0 Å². The van der Waals surface area contributed by atoms with Crippen LogP contribution in [0.1, 0.15) is 34.8 Å². The Balaban J connectivity index is 1.25. The molecule has 0 aliphatic carbocycles. The standard InChI is InChI=1S/C23H20ClN5O2/c24-22-17-11-20(28-19(17)5-8-25-22)14-6-9-29(10-7-14)23(31)16-1-3-18(26-13-16)15-2-4-21(30)27-12-15/h1-5,8,11-14,28H,6-7,9-10H2,(H,27,30). The largest absolute Gasteiger partial charge is 0.358 e. The summed E-state index contributed by atoms with van der Waals surface area (Å²) in [6, 6.07) is 10.8. The van der Waals surface area contributed by atoms with Crippen LogP contribution in [0.15, 0.2) is 59.8 Å². The summed E-state index contributed by atoms with van der Waals surface area (Å²) in [6.07, 6.45) is 6.67. The zero-order valence-corrected chi connectivity index (χ0v) is 17.4. The van der Waals surface area contributed by atoms with Crippen LogP contribution < -0.4 is 5.56 Å². The zero-order valence-electron chi connectivity index (χ0n) is 16.6. The lowest BCUT2D eigenvalue weighted by Gasteiger charge is -2.31. The van der Waals surface area contributed by atoms with Gasteiger partial charge in [0.1, 0.15) is 5.15 Å². The van der Waals surface area contributed by atoms with Gasteiger partial charge in [-0.15, -0.1) is 0 Å². The number of amides is 1. The zero-order chi connectivity index (χ0) is 21.4. The molecule has 0 spiro atoms. The van der Waals surface area contributed by atoms with Crippen molar-refractivity contribution in [2.45, 2.75) is 18.8 Å². The third kappa shape index (κ3) is 3.84. The predicted octanol–water partition coefficient (Wildman–Crippen LogP) is 3.99. The number of rotatable bonds is 3. The minimum Gasteiger partial charge on any atom is -0.358 e. The van der Waals surface area contributed by atoms with E-state index in [1.165, 1.54) is 6.07 Å². The summed E-state index contributed by atoms with van der Waals surface area (Å²) < 4.78 is 0. The molecule has 0 aromatic carbocycles. The second-order valence-electron chi connectivity index (χ2n) is 7.73. The molecule has 8 heteroatoms. The number of H-pyrrole nitrogens is 2. The summed E-state index contributed by atoms with van der Waals surface area (Å²) in [5.41, 5.74) is 4.04. The van der Waals surface area contributed by atoms with E-state index in [9.17, 15) is 9.59 Å². The summed E-state index contributed by atoms with van der Waals surface area (Å²) in [6.45, 7) is 1.37. The highest BCUT2D eigenvalue weighted by atomic mass is 35.5. The van der Waals surface area contributed by atoms with E-state index in [1.54, 1.807) is 36.8 Å². The Hall–Kier alpha value is -3.45. The first-order chi connectivity index (χ1) is 15.1. The number of carbonyl (C=O) groups excluding carboxylic acids is 1. The number of pyridine rings is 3. The number of nitrogens with zero attached hydrogens (tertiary/aromatic N) is 3. The smallest absolute Gasteiger partial charge is 0.255 e. The minimum atomic E-state index is -0.161. The van der Waals surface area contributed by atoms with E-state index < -0.39 is 0 Å². The number of fused-ring (bicyclic) bond motifs is 1. The Morgan fingerprint density at radius 2 is 1.94 bits per heavy atom. The van der Waals surface area contributed by atoms with Crippen LogP contribution in [0, 0.1) is 0 Å². The number of halogens is 1. The van der Waals surface area contributed by atoms with Crippen molar-refractivity contribution in [3.05, 3.63) is 81.8 Å². The van der Waals surface area contributed by atoms with E-state index in [-0.39, 0.29) is 11.5 Å². The number of hydrogen-bond donors (Lipinski definition) is 2. The summed E-state index contributed by atoms with van der Waals surface area (Å²) in [5, 5.41) is 1.44. The maximum absolute atomic E-state index is 12.9. The van der Waals surface area contributed by atoms with Crippen molar-refractivity contribution in [2.24, 2.45) is 0 Å². The second-order valence-corrected chi connectivity index (χ2v) is 8.09. The van der Waals surface area contributed by atoms with E-state index in [0.29, 0.717) is 35.4 Å². The van der Waals surface area contributed by atoms with Crippen LogP contribution in [0.25, 0.3) is 22.2 Å². The minimum absolute atomic E-state index is 0.0112. The molecule has 0 atom stereocenters. The number of hydrogen-bond acceptors (Lipinski definition) is 4. The van der Waals surface area contributed by atoms with Crippen LogP contribution in [0.4, 0.5) is 0 Å². The number of carbonyl (C=O) groups is 1. The van der Waals surface area contributed by atoms with Crippen molar-refractivity contribution in [2.75, 3.05) is 13.1 Å². The molecule has 1 fully saturated rings. The van der Waals surface area contributed by atoms with Gasteiger partial charge in [-0.25, -0.2) is 4.98 Å². The van der Waals surface area contributed by atoms with Gasteiger partial charge < -0.3 is 14.9 Å². The second kappa shape index (κ2) is 8.00. The number of nitrogens with one attached hydrogen (secondary N) is 2. The molecule has 156 valence electrons. The fourth-order valence-corrected chi connectivity index (χ4v) is 4.31. The molecule has 1 aliphatic rings. The maximum atomic E-state index is 12.9. The molecule has 4 aromatic heterocycles. The number of aromatic amines is 2. The van der Waals surface area contributed by atoms with Crippen molar-refractivity contribution in [1.29, 1.82) is 0 Å². The molecule has 1 amide bonds. The maximum Gasteiger partial charge on any atom is 0.255 e. The van der Waals surface area contributed by atoms with Crippen molar-refractivity contribution in [1.82, 2.24) is 24.8 Å². The Morgan fingerprint density at radius 1 is 1.10 bits per heavy atom. The lowest BCUT2D eigenvalue weighted by molar-refractivity contribution is 0.0712. The number of aromatic nitrogens is 4. The van der Waals surface area contributed by atoms with Crippen LogP contribution in [-0.2, 0) is 0 Å². The molecule has 4 aromatic rings. The SMILES string of the molecule is O=C(c1ccc(-c2ccc(=O)[nH]c2)nc1)N1CCC(c2cc3c(Cl)nccc3[nH]2)CC1. The van der Waals surface area contributed by atoms with Crippen molar-refractivity contribution >= 4 is 28.4 Å². The van der Waals surface area contributed by atoms with Gasteiger partial charge in [0, 0.05) is 60.3 Å². The van der Waals surface area contributed by atoms with Gasteiger partial charge in [0.25, 0.3) is 5.91 Å².